The molecule has 0 bridgehead atoms. The van der Waals surface area contributed by atoms with Crippen molar-refractivity contribution in [3.63, 3.8) is 0 Å². The first-order valence-corrected chi connectivity index (χ1v) is 11.6. The van der Waals surface area contributed by atoms with Gasteiger partial charge in [0.1, 0.15) is 17.6 Å². The Bertz CT molecular complexity index is 1180. The zero-order chi connectivity index (χ0) is 26.4. The van der Waals surface area contributed by atoms with Crippen LogP contribution >= 0.6 is 11.6 Å². The second-order valence-corrected chi connectivity index (χ2v) is 8.59. The van der Waals surface area contributed by atoms with Gasteiger partial charge in [0.15, 0.2) is 0 Å². The molecule has 1 aromatic carbocycles. The predicted molar refractivity (Wildman–Crippen MR) is 133 cm³/mol. The molecule has 1 fully saturated rings. The molecule has 1 aliphatic rings. The minimum Gasteiger partial charge on any atom is -0.379 e. The lowest BCUT2D eigenvalue weighted by Gasteiger charge is -2.28. The maximum Gasteiger partial charge on any atom is 0.267 e. The fourth-order valence-corrected chi connectivity index (χ4v) is 4.39. The lowest BCUT2D eigenvalue weighted by atomic mass is 10.1. The normalized spacial score (nSPS) is 18.6. The quantitative estimate of drug-likeness (QED) is 0.432. The Morgan fingerprint density at radius 2 is 2.11 bits per heavy atom. The number of ether oxygens (including phenoxy) is 1. The van der Waals surface area contributed by atoms with Gasteiger partial charge in [0.05, 0.1) is 23.7 Å². The summed E-state index contributed by atoms with van der Waals surface area (Å²) in [5.74, 6) is -2.19. The smallest absolute Gasteiger partial charge is 0.267 e. The van der Waals surface area contributed by atoms with Crippen molar-refractivity contribution >= 4 is 40.7 Å². The molecule has 1 aliphatic heterocycles. The topological polar surface area (TPSA) is 139 Å². The summed E-state index contributed by atoms with van der Waals surface area (Å²) < 4.78 is 19.9. The van der Waals surface area contributed by atoms with Gasteiger partial charge >= 0.3 is 0 Å². The molecule has 10 nitrogen and oxygen atoms in total. The van der Waals surface area contributed by atoms with Crippen LogP contribution in [0.4, 0.5) is 10.1 Å². The third kappa shape index (κ3) is 5.80. The van der Waals surface area contributed by atoms with Crippen molar-refractivity contribution < 1.29 is 23.5 Å². The van der Waals surface area contributed by atoms with E-state index in [1.165, 1.54) is 43.6 Å². The summed E-state index contributed by atoms with van der Waals surface area (Å²) in [5, 5.41) is 5.70. The van der Waals surface area contributed by atoms with Crippen molar-refractivity contribution in [1.29, 1.82) is 0 Å². The standard InChI is InChI=1S/C24H28ClFN6O4/c1-13(14-5-4-6-16(25)20(14)26)31-24(35)22-18(36-3)8-10-32(22)19(33)12-30-17-7-9-29-11-15(17)21(28-2)23(27)34/h4-7,9,11,13,18,22H,8,10,12H2,1-3H3,(H2,27,34)(H,29,30)(H,31,35)/t13-,18-,22+/m1/s1. The van der Waals surface area contributed by atoms with Crippen LogP contribution in [0, 0.1) is 5.82 Å². The van der Waals surface area contributed by atoms with Crippen LogP contribution in [0.5, 0.6) is 0 Å². The number of benzene rings is 1. The van der Waals surface area contributed by atoms with Gasteiger partial charge in [-0.15, -0.1) is 0 Å². The lowest BCUT2D eigenvalue weighted by molar-refractivity contribution is -0.140. The van der Waals surface area contributed by atoms with Crippen LogP contribution in [-0.4, -0.2) is 72.7 Å². The summed E-state index contributed by atoms with van der Waals surface area (Å²) in [6, 6.07) is 4.54. The average molecular weight is 519 g/mol. The van der Waals surface area contributed by atoms with Crippen molar-refractivity contribution in [3.05, 3.63) is 58.6 Å². The van der Waals surface area contributed by atoms with Crippen LogP contribution in [0.15, 0.2) is 41.7 Å². The highest BCUT2D eigenvalue weighted by atomic mass is 35.5. The molecule has 1 saturated heterocycles. The minimum atomic E-state index is -0.913. The van der Waals surface area contributed by atoms with Gasteiger partial charge in [0.2, 0.25) is 11.8 Å². The van der Waals surface area contributed by atoms with Gasteiger partial charge in [0, 0.05) is 49.9 Å². The molecule has 3 rings (SSSR count). The number of rotatable bonds is 9. The summed E-state index contributed by atoms with van der Waals surface area (Å²) in [6.45, 7) is 1.75. The number of nitrogens with one attached hydrogen (secondary N) is 2. The number of likely N-dealkylation sites (tertiary alicyclic amines) is 1. The molecular weight excluding hydrogens is 491 g/mol. The van der Waals surface area contributed by atoms with Gasteiger partial charge in [-0.25, -0.2) is 4.39 Å². The molecule has 0 saturated carbocycles. The number of aromatic nitrogens is 1. The molecule has 3 amide bonds. The van der Waals surface area contributed by atoms with Gasteiger partial charge in [-0.3, -0.25) is 24.4 Å². The van der Waals surface area contributed by atoms with Crippen molar-refractivity contribution in [1.82, 2.24) is 15.2 Å². The first kappa shape index (κ1) is 27.0. The van der Waals surface area contributed by atoms with Crippen molar-refractivity contribution in [2.75, 3.05) is 32.6 Å². The zero-order valence-corrected chi connectivity index (χ0v) is 20.9. The van der Waals surface area contributed by atoms with E-state index in [9.17, 15) is 18.8 Å². The number of hydrogen-bond donors (Lipinski definition) is 3. The number of pyridine rings is 1. The molecule has 36 heavy (non-hydrogen) atoms. The van der Waals surface area contributed by atoms with E-state index in [1.807, 2.05) is 0 Å². The van der Waals surface area contributed by atoms with E-state index in [2.05, 4.69) is 20.6 Å². The van der Waals surface area contributed by atoms with E-state index in [0.29, 0.717) is 24.2 Å². The summed E-state index contributed by atoms with van der Waals surface area (Å²) in [4.78, 5) is 47.4. The third-order valence-corrected chi connectivity index (χ3v) is 6.30. The Labute approximate surface area is 213 Å². The summed E-state index contributed by atoms with van der Waals surface area (Å²) >= 11 is 5.87. The van der Waals surface area contributed by atoms with Crippen LogP contribution in [0.1, 0.15) is 30.5 Å². The lowest BCUT2D eigenvalue weighted by Crippen LogP contribution is -2.52. The molecule has 2 aromatic rings. The van der Waals surface area contributed by atoms with Crippen molar-refractivity contribution in [2.24, 2.45) is 10.7 Å². The minimum absolute atomic E-state index is 0.0122. The second kappa shape index (κ2) is 11.9. The highest BCUT2D eigenvalue weighted by molar-refractivity contribution is 6.45. The third-order valence-electron chi connectivity index (χ3n) is 6.00. The number of hydrogen-bond acceptors (Lipinski definition) is 7. The van der Waals surface area contributed by atoms with Gasteiger partial charge in [-0.1, -0.05) is 23.7 Å². The van der Waals surface area contributed by atoms with E-state index in [0.717, 1.165) is 0 Å². The highest BCUT2D eigenvalue weighted by Gasteiger charge is 2.42. The SMILES string of the molecule is CN=C(C(N)=O)c1cnccc1NCC(=O)N1CC[C@@H](OC)[C@H]1C(=O)N[C@H](C)c1cccc(Cl)c1F. The molecular formula is C24H28ClFN6O4. The Hall–Kier alpha value is -3.57. The summed E-state index contributed by atoms with van der Waals surface area (Å²) in [6.07, 6.45) is 2.84. The summed E-state index contributed by atoms with van der Waals surface area (Å²) in [5.41, 5.74) is 6.43. The van der Waals surface area contributed by atoms with E-state index in [4.69, 9.17) is 22.1 Å². The highest BCUT2D eigenvalue weighted by Crippen LogP contribution is 2.26. The van der Waals surface area contributed by atoms with Crippen LogP contribution < -0.4 is 16.4 Å². The van der Waals surface area contributed by atoms with E-state index >= 15 is 0 Å². The molecule has 2 heterocycles. The Morgan fingerprint density at radius 1 is 1.36 bits per heavy atom. The van der Waals surface area contributed by atoms with Gasteiger partial charge in [-0.05, 0) is 25.5 Å². The Morgan fingerprint density at radius 3 is 2.78 bits per heavy atom. The molecule has 0 aliphatic carbocycles. The van der Waals surface area contributed by atoms with Crippen LogP contribution in [0.3, 0.4) is 0 Å². The number of carbonyl (C=O) groups excluding carboxylic acids is 3. The molecule has 12 heteroatoms. The maximum atomic E-state index is 14.4. The molecule has 192 valence electrons. The Kier molecular flexibility index (Phi) is 8.94. The number of anilines is 1. The van der Waals surface area contributed by atoms with Crippen LogP contribution in [-0.2, 0) is 19.1 Å². The Balaban J connectivity index is 1.74. The number of nitrogens with two attached hydrogens (primary N) is 1. The van der Waals surface area contributed by atoms with Gasteiger partial charge in [-0.2, -0.15) is 0 Å². The number of methoxy groups -OCH3 is 1. The second-order valence-electron chi connectivity index (χ2n) is 8.18. The van der Waals surface area contributed by atoms with Crippen LogP contribution in [0.2, 0.25) is 5.02 Å². The summed E-state index contributed by atoms with van der Waals surface area (Å²) in [7, 11) is 2.90. The molecule has 0 radical (unpaired) electrons. The van der Waals surface area contributed by atoms with E-state index < -0.39 is 35.8 Å². The van der Waals surface area contributed by atoms with E-state index in [1.54, 1.807) is 19.1 Å². The number of amides is 3. The van der Waals surface area contributed by atoms with Crippen molar-refractivity contribution in [3.8, 4) is 0 Å². The number of halogens is 2. The number of carbonyl (C=O) groups is 3. The fraction of sp³-hybridized carbons (Fsp3) is 0.375. The predicted octanol–water partition coefficient (Wildman–Crippen LogP) is 1.68. The maximum absolute atomic E-state index is 14.4. The molecule has 4 N–H and O–H groups in total. The first-order chi connectivity index (χ1) is 17.2. The van der Waals surface area contributed by atoms with Crippen LogP contribution in [0.25, 0.3) is 0 Å². The van der Waals surface area contributed by atoms with Gasteiger partial charge in [0.25, 0.3) is 5.91 Å². The zero-order valence-electron chi connectivity index (χ0n) is 20.1. The fourth-order valence-electron chi connectivity index (χ4n) is 4.21. The van der Waals surface area contributed by atoms with Gasteiger partial charge < -0.3 is 26.0 Å². The van der Waals surface area contributed by atoms with Crippen molar-refractivity contribution in [2.45, 2.75) is 31.5 Å². The average Bonchev–Trinajstić information content (AvgIpc) is 3.29. The largest absolute Gasteiger partial charge is 0.379 e. The van der Waals surface area contributed by atoms with E-state index in [-0.39, 0.29) is 28.7 Å². The number of aliphatic imine (C=N–C) groups is 1. The molecule has 0 spiro atoms. The number of primary amides is 1. The molecule has 3 atom stereocenters. The molecule has 0 unspecified atom stereocenters. The monoisotopic (exact) mass is 518 g/mol. The molecule has 1 aromatic heterocycles. The number of nitrogens with zero attached hydrogens (tertiary/aromatic N) is 3. The first-order valence-electron chi connectivity index (χ1n) is 11.2.